The first-order valence-electron chi connectivity index (χ1n) is 14.7. The number of esters is 2. The Morgan fingerprint density at radius 3 is 2.67 bits per heavy atom. The van der Waals surface area contributed by atoms with Gasteiger partial charge >= 0.3 is 17.6 Å². The van der Waals surface area contributed by atoms with Crippen molar-refractivity contribution >= 4 is 11.9 Å². The first kappa shape index (κ1) is 31.2. The zero-order valence-corrected chi connectivity index (χ0v) is 25.6. The molecule has 11 heteroatoms. The van der Waals surface area contributed by atoms with E-state index in [1.54, 1.807) is 30.6 Å². The Kier molecular flexibility index (Phi) is 8.45. The average Bonchev–Trinajstić information content (AvgIpc) is 2.95. The molecule has 8 atom stereocenters. The van der Waals surface area contributed by atoms with Gasteiger partial charge in [0.2, 0.25) is 0 Å². The molecule has 2 aromatic rings. The second kappa shape index (κ2) is 11.7. The molecule has 3 aliphatic rings. The maximum absolute atomic E-state index is 13.5. The van der Waals surface area contributed by atoms with Crippen molar-refractivity contribution in [2.45, 2.75) is 71.7 Å². The van der Waals surface area contributed by atoms with Crippen LogP contribution in [0.4, 0.5) is 0 Å². The summed E-state index contributed by atoms with van der Waals surface area (Å²) >= 11 is 0. The Hall–Kier alpha value is -3.28. The number of carbonyl (C=O) groups is 2. The fourth-order valence-corrected chi connectivity index (χ4v) is 8.10. The largest absolute Gasteiger partial charge is 0.482 e. The molecular formula is C32H41NO10. The zero-order chi connectivity index (χ0) is 31.2. The minimum Gasteiger partial charge on any atom is -0.482 e. The highest BCUT2D eigenvalue weighted by Gasteiger charge is 2.70. The molecule has 0 spiro atoms. The summed E-state index contributed by atoms with van der Waals surface area (Å²) in [6.45, 7) is 9.30. The number of nitrogens with zero attached hydrogens (tertiary/aromatic N) is 1. The van der Waals surface area contributed by atoms with E-state index in [1.807, 2.05) is 6.92 Å². The van der Waals surface area contributed by atoms with E-state index in [0.717, 1.165) is 12.8 Å². The number of hydrogen-bond donors (Lipinski definition) is 1. The van der Waals surface area contributed by atoms with Crippen molar-refractivity contribution in [3.05, 3.63) is 46.6 Å². The van der Waals surface area contributed by atoms with Gasteiger partial charge in [0.05, 0.1) is 12.7 Å². The number of methoxy groups -OCH3 is 1. The average molecular weight is 600 g/mol. The summed E-state index contributed by atoms with van der Waals surface area (Å²) in [5.74, 6) is -1.24. The summed E-state index contributed by atoms with van der Waals surface area (Å²) in [5, 5.41) is 12.1. The molecule has 0 aromatic carbocycles. The lowest BCUT2D eigenvalue weighted by Gasteiger charge is -2.66. The molecule has 2 unspecified atom stereocenters. The molecule has 2 aliphatic carbocycles. The van der Waals surface area contributed by atoms with E-state index < -0.39 is 46.2 Å². The third-order valence-corrected chi connectivity index (χ3v) is 10.4. The van der Waals surface area contributed by atoms with E-state index in [2.05, 4.69) is 25.8 Å². The lowest BCUT2D eigenvalue weighted by molar-refractivity contribution is -0.263. The molecule has 2 saturated carbocycles. The highest BCUT2D eigenvalue weighted by Crippen LogP contribution is 2.68. The number of aromatic nitrogens is 1. The van der Waals surface area contributed by atoms with Crippen molar-refractivity contribution in [3.63, 3.8) is 0 Å². The van der Waals surface area contributed by atoms with Gasteiger partial charge in [0.25, 0.3) is 0 Å². The molecule has 0 saturated heterocycles. The molecule has 1 aliphatic heterocycles. The number of rotatable bonds is 8. The zero-order valence-electron chi connectivity index (χ0n) is 25.6. The molecule has 234 valence electrons. The molecule has 0 amide bonds. The lowest BCUT2D eigenvalue weighted by atomic mass is 9.41. The molecule has 11 nitrogen and oxygen atoms in total. The first-order valence-corrected chi connectivity index (χ1v) is 14.7. The first-order chi connectivity index (χ1) is 20.3. The second-order valence-electron chi connectivity index (χ2n) is 12.9. The van der Waals surface area contributed by atoms with E-state index in [4.69, 9.17) is 28.1 Å². The number of fused-ring (bicyclic) bond motifs is 4. The van der Waals surface area contributed by atoms with Gasteiger partial charge in [-0.1, -0.05) is 20.8 Å². The summed E-state index contributed by atoms with van der Waals surface area (Å²) < 4.78 is 34.2. The Morgan fingerprint density at radius 2 is 2.00 bits per heavy atom. The van der Waals surface area contributed by atoms with Crippen LogP contribution in [0.5, 0.6) is 5.75 Å². The van der Waals surface area contributed by atoms with Gasteiger partial charge in [-0.3, -0.25) is 9.78 Å². The molecule has 2 fully saturated rings. The molecule has 0 radical (unpaired) electrons. The summed E-state index contributed by atoms with van der Waals surface area (Å²) in [5.41, 5.74) is -2.42. The topological polar surface area (TPSA) is 144 Å². The maximum atomic E-state index is 13.5. The van der Waals surface area contributed by atoms with Crippen molar-refractivity contribution < 1.29 is 42.8 Å². The van der Waals surface area contributed by atoms with Crippen LogP contribution in [-0.2, 0) is 28.5 Å². The number of pyridine rings is 1. The molecule has 43 heavy (non-hydrogen) atoms. The Labute approximate surface area is 250 Å². The molecule has 2 aromatic heterocycles. The fraction of sp³-hybridized carbons (Fsp3) is 0.625. The van der Waals surface area contributed by atoms with Crippen LogP contribution < -0.4 is 10.4 Å². The normalized spacial score (nSPS) is 34.6. The van der Waals surface area contributed by atoms with Crippen molar-refractivity contribution in [2.75, 3.05) is 27.1 Å². The van der Waals surface area contributed by atoms with E-state index >= 15 is 0 Å². The van der Waals surface area contributed by atoms with Crippen molar-refractivity contribution in [1.82, 2.24) is 4.98 Å². The van der Waals surface area contributed by atoms with Crippen LogP contribution in [0.1, 0.15) is 65.5 Å². The van der Waals surface area contributed by atoms with Gasteiger partial charge in [0.1, 0.15) is 42.2 Å². The van der Waals surface area contributed by atoms with E-state index in [-0.39, 0.29) is 54.9 Å². The molecule has 5 rings (SSSR count). The van der Waals surface area contributed by atoms with Crippen LogP contribution in [0.2, 0.25) is 0 Å². The third-order valence-electron chi connectivity index (χ3n) is 10.4. The van der Waals surface area contributed by atoms with Gasteiger partial charge < -0.3 is 33.2 Å². The van der Waals surface area contributed by atoms with E-state index in [0.29, 0.717) is 12.0 Å². The Morgan fingerprint density at radius 1 is 1.23 bits per heavy atom. The molecule has 3 heterocycles. The van der Waals surface area contributed by atoms with Crippen molar-refractivity contribution in [2.24, 2.45) is 28.6 Å². The van der Waals surface area contributed by atoms with Crippen LogP contribution in [-0.4, -0.2) is 60.9 Å². The summed E-state index contributed by atoms with van der Waals surface area (Å²) in [7, 11) is 1.46. The quantitative estimate of drug-likeness (QED) is 0.266. The highest BCUT2D eigenvalue weighted by molar-refractivity contribution is 5.71. The Bertz CT molecular complexity index is 1410. The maximum Gasteiger partial charge on any atom is 0.345 e. The molecule has 0 bridgehead atoms. The SMILES string of the molecule is COCOCC(=O)O[C@H]1CC2[C@](C)(CC[C@H](C)[C@@]2(C)COC(C)=O)C2[C@@H](O)c3c(cc(-c4cccnc4)oc3=O)O[C@@]21C. The number of carbonyl (C=O) groups excluding carboxylic acids is 2. The van der Waals surface area contributed by atoms with Crippen molar-refractivity contribution in [3.8, 4) is 17.1 Å². The summed E-state index contributed by atoms with van der Waals surface area (Å²) in [6, 6.07) is 5.06. The lowest BCUT2D eigenvalue weighted by Crippen LogP contribution is -2.70. The molecular weight excluding hydrogens is 558 g/mol. The van der Waals surface area contributed by atoms with Crippen LogP contribution in [0.15, 0.2) is 39.8 Å². The summed E-state index contributed by atoms with van der Waals surface area (Å²) in [4.78, 5) is 42.5. The van der Waals surface area contributed by atoms with Gasteiger partial charge in [-0.2, -0.15) is 0 Å². The molecule has 1 N–H and O–H groups in total. The van der Waals surface area contributed by atoms with Crippen LogP contribution in [0.3, 0.4) is 0 Å². The number of aliphatic hydroxyl groups is 1. The predicted octanol–water partition coefficient (Wildman–Crippen LogP) is 4.06. The smallest absolute Gasteiger partial charge is 0.345 e. The Balaban J connectivity index is 1.62. The second-order valence-corrected chi connectivity index (χ2v) is 12.9. The van der Waals surface area contributed by atoms with Gasteiger partial charge in [0.15, 0.2) is 0 Å². The fourth-order valence-electron chi connectivity index (χ4n) is 8.10. The number of ether oxygens (including phenoxy) is 5. The standard InChI is InChI=1S/C32H41NO10/c1-18-9-10-30(3)23(31(18,4)16-40-19(2)34)13-24(42-25(35)15-39-17-38-6)32(5)28(30)27(36)26-22(43-32)12-21(41-29(26)37)20-8-7-11-33-14-20/h7-8,11-12,14,18,23-24,27-28,36H,9-10,13,15-17H2,1-6H3/t18-,23?,24-,27-,28?,30-,31+,32+/m0/s1. The van der Waals surface area contributed by atoms with E-state index in [9.17, 15) is 19.5 Å². The minimum absolute atomic E-state index is 0.0332. The van der Waals surface area contributed by atoms with Gasteiger partial charge in [-0.25, -0.2) is 9.59 Å². The summed E-state index contributed by atoms with van der Waals surface area (Å²) in [6.07, 6.45) is 2.99. The van der Waals surface area contributed by atoms with E-state index in [1.165, 1.54) is 14.0 Å². The number of hydrogen-bond acceptors (Lipinski definition) is 11. The van der Waals surface area contributed by atoms with Crippen molar-refractivity contribution in [1.29, 1.82) is 0 Å². The predicted molar refractivity (Wildman–Crippen MR) is 153 cm³/mol. The van der Waals surface area contributed by atoms with Gasteiger partial charge in [-0.05, 0) is 55.6 Å². The highest BCUT2D eigenvalue weighted by atomic mass is 16.7. The van der Waals surface area contributed by atoms with Crippen LogP contribution in [0, 0.1) is 28.6 Å². The monoisotopic (exact) mass is 599 g/mol. The van der Waals surface area contributed by atoms with Crippen LogP contribution in [0.25, 0.3) is 11.3 Å². The number of aliphatic hydroxyl groups excluding tert-OH is 1. The third kappa shape index (κ3) is 5.36. The van der Waals surface area contributed by atoms with Crippen LogP contribution >= 0.6 is 0 Å². The van der Waals surface area contributed by atoms with Gasteiger partial charge in [0, 0.05) is 49.4 Å². The minimum atomic E-state index is -1.28. The van der Waals surface area contributed by atoms with Gasteiger partial charge in [-0.15, -0.1) is 0 Å².